The number of hydrogen-bond donors (Lipinski definition) is 1. The molecule has 0 aromatic carbocycles. The van der Waals surface area contributed by atoms with Crippen LogP contribution in [0.4, 0.5) is 5.82 Å². The van der Waals surface area contributed by atoms with Crippen molar-refractivity contribution in [1.82, 2.24) is 25.1 Å². The van der Waals surface area contributed by atoms with E-state index in [1.807, 2.05) is 19.0 Å². The van der Waals surface area contributed by atoms with Crippen molar-refractivity contribution in [1.29, 1.82) is 0 Å². The normalized spacial score (nSPS) is 17.5. The maximum Gasteiger partial charge on any atom is 0.271 e. The number of carbonyl (C=O) groups excluding carboxylic acids is 1. The highest BCUT2D eigenvalue weighted by molar-refractivity contribution is 5.92. The van der Waals surface area contributed by atoms with Gasteiger partial charge in [-0.2, -0.15) is 5.10 Å². The van der Waals surface area contributed by atoms with Crippen molar-refractivity contribution < 1.29 is 9.53 Å². The van der Waals surface area contributed by atoms with Crippen molar-refractivity contribution >= 4 is 11.7 Å². The van der Waals surface area contributed by atoms with Crippen molar-refractivity contribution in [3.63, 3.8) is 0 Å². The summed E-state index contributed by atoms with van der Waals surface area (Å²) in [5, 5.41) is 6.50. The number of aromatic amines is 1. The van der Waals surface area contributed by atoms with Gasteiger partial charge in [0.05, 0.1) is 6.54 Å². The van der Waals surface area contributed by atoms with Crippen molar-refractivity contribution in [2.24, 2.45) is 0 Å². The molecule has 1 fully saturated rings. The second kappa shape index (κ2) is 6.00. The van der Waals surface area contributed by atoms with Gasteiger partial charge in [0.15, 0.2) is 5.82 Å². The lowest BCUT2D eigenvalue weighted by atomic mass is 10.3. The zero-order valence-electron chi connectivity index (χ0n) is 12.6. The Morgan fingerprint density at radius 1 is 1.36 bits per heavy atom. The van der Waals surface area contributed by atoms with E-state index in [9.17, 15) is 4.79 Å². The van der Waals surface area contributed by atoms with E-state index in [-0.39, 0.29) is 12.0 Å². The number of likely N-dealkylation sites (tertiary alicyclic amines) is 1. The Morgan fingerprint density at radius 3 is 2.91 bits per heavy atom. The molecular weight excluding hydrogens is 284 g/mol. The number of amides is 1. The fourth-order valence-electron chi connectivity index (χ4n) is 2.42. The smallest absolute Gasteiger partial charge is 0.271 e. The minimum Gasteiger partial charge on any atom is -0.470 e. The predicted octanol–water partition coefficient (Wildman–Crippen LogP) is 0.559. The SMILES string of the molecule is CN(C)c1nccnc1OC1CCN(C(=O)c2ccn[nH]2)C1. The van der Waals surface area contributed by atoms with Crippen LogP contribution in [0.15, 0.2) is 24.7 Å². The van der Waals surface area contributed by atoms with E-state index in [2.05, 4.69) is 20.2 Å². The number of nitrogens with one attached hydrogen (secondary N) is 1. The zero-order chi connectivity index (χ0) is 15.5. The molecule has 3 rings (SSSR count). The van der Waals surface area contributed by atoms with Crippen LogP contribution in [-0.4, -0.2) is 64.3 Å². The van der Waals surface area contributed by atoms with Gasteiger partial charge in [-0.1, -0.05) is 0 Å². The molecule has 0 spiro atoms. The molecule has 1 aliphatic rings. The maximum absolute atomic E-state index is 12.2. The van der Waals surface area contributed by atoms with Crippen LogP contribution in [0.3, 0.4) is 0 Å². The fourth-order valence-corrected chi connectivity index (χ4v) is 2.42. The van der Waals surface area contributed by atoms with Crippen LogP contribution in [0.1, 0.15) is 16.9 Å². The first-order chi connectivity index (χ1) is 10.6. The van der Waals surface area contributed by atoms with Gasteiger partial charge in [0, 0.05) is 45.7 Å². The van der Waals surface area contributed by atoms with Gasteiger partial charge in [-0.25, -0.2) is 9.97 Å². The summed E-state index contributed by atoms with van der Waals surface area (Å²) in [5.74, 6) is 1.12. The third-order valence-electron chi connectivity index (χ3n) is 3.51. The minimum atomic E-state index is -0.0812. The van der Waals surface area contributed by atoms with Gasteiger partial charge in [-0.05, 0) is 6.07 Å². The number of anilines is 1. The molecule has 0 radical (unpaired) electrons. The summed E-state index contributed by atoms with van der Waals surface area (Å²) in [4.78, 5) is 24.3. The average Bonchev–Trinajstić information content (AvgIpc) is 3.18. The van der Waals surface area contributed by atoms with E-state index >= 15 is 0 Å². The molecule has 1 unspecified atom stereocenters. The van der Waals surface area contributed by atoms with Crippen LogP contribution in [0, 0.1) is 0 Å². The van der Waals surface area contributed by atoms with E-state index in [1.54, 1.807) is 29.6 Å². The largest absolute Gasteiger partial charge is 0.470 e. The lowest BCUT2D eigenvalue weighted by Gasteiger charge is -2.19. The summed E-state index contributed by atoms with van der Waals surface area (Å²) in [6.45, 7) is 1.18. The molecular formula is C14H18N6O2. The summed E-state index contributed by atoms with van der Waals surface area (Å²) >= 11 is 0. The van der Waals surface area contributed by atoms with E-state index in [4.69, 9.17) is 4.74 Å². The van der Waals surface area contributed by atoms with Gasteiger partial charge in [0.1, 0.15) is 11.8 Å². The molecule has 1 amide bonds. The molecule has 116 valence electrons. The van der Waals surface area contributed by atoms with E-state index < -0.39 is 0 Å². The highest BCUT2D eigenvalue weighted by Gasteiger charge is 2.29. The van der Waals surface area contributed by atoms with Gasteiger partial charge in [0.25, 0.3) is 11.8 Å². The Bertz CT molecular complexity index is 643. The Morgan fingerprint density at radius 2 is 2.18 bits per heavy atom. The second-order valence-electron chi connectivity index (χ2n) is 5.33. The van der Waals surface area contributed by atoms with Crippen LogP contribution in [0.5, 0.6) is 5.88 Å². The summed E-state index contributed by atoms with van der Waals surface area (Å²) in [5.41, 5.74) is 0.495. The first-order valence-electron chi connectivity index (χ1n) is 7.09. The van der Waals surface area contributed by atoms with Gasteiger partial charge in [-0.15, -0.1) is 0 Å². The van der Waals surface area contributed by atoms with Crippen LogP contribution >= 0.6 is 0 Å². The molecule has 1 N–H and O–H groups in total. The van der Waals surface area contributed by atoms with Gasteiger partial charge < -0.3 is 14.5 Å². The number of H-pyrrole nitrogens is 1. The predicted molar refractivity (Wildman–Crippen MR) is 79.9 cm³/mol. The number of carbonyl (C=O) groups is 1. The Kier molecular flexibility index (Phi) is 3.90. The number of ether oxygens (including phenoxy) is 1. The van der Waals surface area contributed by atoms with E-state index in [0.717, 1.165) is 6.42 Å². The van der Waals surface area contributed by atoms with Crippen molar-refractivity contribution in [2.45, 2.75) is 12.5 Å². The molecule has 3 heterocycles. The molecule has 0 bridgehead atoms. The Labute approximate surface area is 128 Å². The first-order valence-corrected chi connectivity index (χ1v) is 7.09. The average molecular weight is 302 g/mol. The summed E-state index contributed by atoms with van der Waals surface area (Å²) in [6.07, 6.45) is 5.49. The molecule has 1 atom stereocenters. The van der Waals surface area contributed by atoms with Crippen LogP contribution in [0.2, 0.25) is 0 Å². The lowest BCUT2D eigenvalue weighted by Crippen LogP contribution is -2.31. The lowest BCUT2D eigenvalue weighted by molar-refractivity contribution is 0.0765. The molecule has 2 aromatic rings. The van der Waals surface area contributed by atoms with E-state index in [1.165, 1.54) is 0 Å². The van der Waals surface area contributed by atoms with Crippen LogP contribution in [0.25, 0.3) is 0 Å². The quantitative estimate of drug-likeness (QED) is 0.888. The zero-order valence-corrected chi connectivity index (χ0v) is 12.6. The fraction of sp³-hybridized carbons (Fsp3) is 0.429. The first kappa shape index (κ1) is 14.3. The third kappa shape index (κ3) is 2.85. The van der Waals surface area contributed by atoms with Crippen LogP contribution < -0.4 is 9.64 Å². The van der Waals surface area contributed by atoms with Crippen molar-refractivity contribution in [3.05, 3.63) is 30.4 Å². The summed E-state index contributed by atoms with van der Waals surface area (Å²) in [6, 6.07) is 1.67. The highest BCUT2D eigenvalue weighted by atomic mass is 16.5. The van der Waals surface area contributed by atoms with Crippen molar-refractivity contribution in [3.8, 4) is 5.88 Å². The molecule has 1 saturated heterocycles. The standard InChI is InChI=1S/C14H18N6O2/c1-19(2)12-13(16-7-6-15-12)22-10-4-8-20(9-10)14(21)11-3-5-17-18-11/h3,5-7,10H,4,8-9H2,1-2H3,(H,17,18). The van der Waals surface area contributed by atoms with Gasteiger partial charge in [0.2, 0.25) is 0 Å². The van der Waals surface area contributed by atoms with Gasteiger partial charge in [-0.3, -0.25) is 9.89 Å². The second-order valence-corrected chi connectivity index (χ2v) is 5.33. The molecule has 2 aromatic heterocycles. The Balaban J connectivity index is 1.65. The molecule has 22 heavy (non-hydrogen) atoms. The van der Waals surface area contributed by atoms with Gasteiger partial charge >= 0.3 is 0 Å². The van der Waals surface area contributed by atoms with Crippen LogP contribution in [-0.2, 0) is 0 Å². The molecule has 8 nitrogen and oxygen atoms in total. The maximum atomic E-state index is 12.2. The highest BCUT2D eigenvalue weighted by Crippen LogP contribution is 2.24. The summed E-state index contributed by atoms with van der Waals surface area (Å²) < 4.78 is 5.93. The number of hydrogen-bond acceptors (Lipinski definition) is 6. The number of rotatable bonds is 4. The number of nitrogens with zero attached hydrogens (tertiary/aromatic N) is 5. The van der Waals surface area contributed by atoms with Crippen molar-refractivity contribution in [2.75, 3.05) is 32.1 Å². The molecule has 0 saturated carbocycles. The topological polar surface area (TPSA) is 87.2 Å². The van der Waals surface area contributed by atoms with E-state index in [0.29, 0.717) is 30.5 Å². The molecule has 8 heteroatoms. The molecule has 1 aliphatic heterocycles. The summed E-state index contributed by atoms with van der Waals surface area (Å²) in [7, 11) is 3.78. The monoisotopic (exact) mass is 302 g/mol. The Hall–Kier alpha value is -2.64. The molecule has 0 aliphatic carbocycles. The third-order valence-corrected chi connectivity index (χ3v) is 3.51. The number of aromatic nitrogens is 4. The minimum absolute atomic E-state index is 0.0596.